The average Bonchev–Trinajstić information content (AvgIpc) is 2.71. The first-order chi connectivity index (χ1) is 7.74. The maximum absolute atomic E-state index is 8.76. The van der Waals surface area contributed by atoms with E-state index in [1.807, 2.05) is 52.9 Å². The molecule has 0 aliphatic carbocycles. The van der Waals surface area contributed by atoms with E-state index in [1.165, 1.54) is 0 Å². The largest absolute Gasteiger partial charge is 0.497 e. The molecule has 0 N–H and O–H groups in total. The summed E-state index contributed by atoms with van der Waals surface area (Å²) in [5.41, 5.74) is 1.13. The van der Waals surface area contributed by atoms with Gasteiger partial charge in [0, 0.05) is 28.2 Å². The Morgan fingerprint density at radius 2 is 2.06 bits per heavy atom. The molecular formula is C11H7IN2O2. The van der Waals surface area contributed by atoms with Crippen molar-refractivity contribution < 1.29 is 9.15 Å². The van der Waals surface area contributed by atoms with Crippen molar-refractivity contribution in [1.82, 2.24) is 4.98 Å². The molecule has 0 saturated heterocycles. The Labute approximate surface area is 106 Å². The van der Waals surface area contributed by atoms with Crippen LogP contribution in [-0.2, 0) is 0 Å². The molecule has 0 aliphatic rings. The number of oxazole rings is 1. The van der Waals surface area contributed by atoms with Crippen LogP contribution in [0.2, 0.25) is 0 Å². The molecule has 2 rings (SSSR count). The summed E-state index contributed by atoms with van der Waals surface area (Å²) < 4.78 is 10.9. The minimum atomic E-state index is 0.311. The molecule has 80 valence electrons. The third kappa shape index (κ3) is 2.02. The van der Waals surface area contributed by atoms with Gasteiger partial charge in [0.2, 0.25) is 9.66 Å². The molecule has 1 aromatic carbocycles. The van der Waals surface area contributed by atoms with Gasteiger partial charge in [-0.1, -0.05) is 0 Å². The number of halogens is 1. The van der Waals surface area contributed by atoms with Gasteiger partial charge in [0.25, 0.3) is 0 Å². The normalized spacial score (nSPS) is 9.81. The zero-order chi connectivity index (χ0) is 11.5. The lowest BCUT2D eigenvalue weighted by Gasteiger charge is -1.99. The predicted molar refractivity (Wildman–Crippen MR) is 65.9 cm³/mol. The molecule has 4 nitrogen and oxygen atoms in total. The van der Waals surface area contributed by atoms with Gasteiger partial charge >= 0.3 is 0 Å². The third-order valence-corrected chi connectivity index (χ3v) is 2.76. The topological polar surface area (TPSA) is 59.0 Å². The molecule has 0 aliphatic heterocycles. The molecule has 0 fully saturated rings. The molecule has 0 bridgehead atoms. The second-order valence-electron chi connectivity index (χ2n) is 2.98. The lowest BCUT2D eigenvalue weighted by Crippen LogP contribution is -1.83. The number of hydrogen-bond donors (Lipinski definition) is 0. The Bertz CT molecular complexity index is 540. The Balaban J connectivity index is 2.39. The molecular weight excluding hydrogens is 319 g/mol. The van der Waals surface area contributed by atoms with Crippen molar-refractivity contribution >= 4 is 22.6 Å². The number of methoxy groups -OCH3 is 1. The summed E-state index contributed by atoms with van der Waals surface area (Å²) >= 11 is 1.95. The highest BCUT2D eigenvalue weighted by atomic mass is 127. The van der Waals surface area contributed by atoms with Crippen LogP contribution in [0.4, 0.5) is 0 Å². The van der Waals surface area contributed by atoms with E-state index in [4.69, 9.17) is 14.4 Å². The molecule has 0 radical (unpaired) electrons. The number of nitriles is 1. The summed E-state index contributed by atoms with van der Waals surface area (Å²) in [5.74, 6) is 1.22. The lowest BCUT2D eigenvalue weighted by atomic mass is 10.2. The maximum Gasteiger partial charge on any atom is 0.228 e. The van der Waals surface area contributed by atoms with Crippen molar-refractivity contribution in [2.45, 2.75) is 0 Å². The molecule has 1 aromatic heterocycles. The van der Waals surface area contributed by atoms with Crippen molar-refractivity contribution in [3.8, 4) is 23.3 Å². The van der Waals surface area contributed by atoms with E-state index in [-0.39, 0.29) is 0 Å². The monoisotopic (exact) mass is 326 g/mol. The van der Waals surface area contributed by atoms with Crippen LogP contribution in [0.25, 0.3) is 11.5 Å². The zero-order valence-electron chi connectivity index (χ0n) is 8.40. The summed E-state index contributed by atoms with van der Waals surface area (Å²) in [5, 5.41) is 8.76. The number of ether oxygens (including phenoxy) is 1. The average molecular weight is 326 g/mol. The first-order valence-electron chi connectivity index (χ1n) is 4.45. The summed E-state index contributed by atoms with van der Waals surface area (Å²) in [4.78, 5) is 4.08. The SMILES string of the molecule is COc1ccc(-c2nc(C#N)c(I)o2)cc1. The second kappa shape index (κ2) is 4.53. The first kappa shape index (κ1) is 11.0. The van der Waals surface area contributed by atoms with Gasteiger partial charge in [-0.3, -0.25) is 0 Å². The highest BCUT2D eigenvalue weighted by Gasteiger charge is 2.11. The van der Waals surface area contributed by atoms with Gasteiger partial charge in [0.15, 0.2) is 5.69 Å². The molecule has 0 spiro atoms. The second-order valence-corrected chi connectivity index (χ2v) is 3.96. The van der Waals surface area contributed by atoms with Crippen molar-refractivity contribution in [2.24, 2.45) is 0 Å². The van der Waals surface area contributed by atoms with Gasteiger partial charge in [0.1, 0.15) is 11.8 Å². The Hall–Kier alpha value is -1.55. The number of aromatic nitrogens is 1. The Kier molecular flexibility index (Phi) is 3.10. The fraction of sp³-hybridized carbons (Fsp3) is 0.0909. The smallest absolute Gasteiger partial charge is 0.228 e. The van der Waals surface area contributed by atoms with Crippen LogP contribution < -0.4 is 4.74 Å². The molecule has 0 unspecified atom stereocenters. The van der Waals surface area contributed by atoms with Gasteiger partial charge in [0.05, 0.1) is 7.11 Å². The number of hydrogen-bond acceptors (Lipinski definition) is 4. The van der Waals surface area contributed by atoms with Gasteiger partial charge in [-0.15, -0.1) is 0 Å². The zero-order valence-corrected chi connectivity index (χ0v) is 10.6. The van der Waals surface area contributed by atoms with E-state index < -0.39 is 0 Å². The summed E-state index contributed by atoms with van der Waals surface area (Å²) in [6, 6.07) is 9.28. The highest BCUT2D eigenvalue weighted by Crippen LogP contribution is 2.24. The third-order valence-electron chi connectivity index (χ3n) is 2.03. The molecule has 5 heteroatoms. The first-order valence-corrected chi connectivity index (χ1v) is 5.53. The van der Waals surface area contributed by atoms with Crippen LogP contribution in [0.15, 0.2) is 28.7 Å². The van der Waals surface area contributed by atoms with E-state index in [1.54, 1.807) is 7.11 Å². The molecule has 0 saturated carbocycles. The number of nitrogens with zero attached hydrogens (tertiary/aromatic N) is 2. The summed E-state index contributed by atoms with van der Waals surface area (Å²) in [7, 11) is 1.61. The molecule has 16 heavy (non-hydrogen) atoms. The number of rotatable bonds is 2. The standard InChI is InChI=1S/C11H7IN2O2/c1-15-8-4-2-7(3-5-8)11-14-9(6-13)10(12)16-11/h2-5H,1H3. The quantitative estimate of drug-likeness (QED) is 0.796. The van der Waals surface area contributed by atoms with Crippen LogP contribution in [0.5, 0.6) is 5.75 Å². The van der Waals surface area contributed by atoms with E-state index in [9.17, 15) is 0 Å². The van der Waals surface area contributed by atoms with Crippen LogP contribution >= 0.6 is 22.6 Å². The number of benzene rings is 1. The van der Waals surface area contributed by atoms with Gasteiger partial charge in [-0.2, -0.15) is 10.2 Å². The van der Waals surface area contributed by atoms with E-state index in [0.29, 0.717) is 15.4 Å². The van der Waals surface area contributed by atoms with Crippen molar-refractivity contribution in [3.05, 3.63) is 33.7 Å². The van der Waals surface area contributed by atoms with Crippen LogP contribution in [-0.4, -0.2) is 12.1 Å². The van der Waals surface area contributed by atoms with Gasteiger partial charge in [-0.25, -0.2) is 0 Å². The fourth-order valence-corrected chi connectivity index (χ4v) is 1.68. The Morgan fingerprint density at radius 3 is 2.56 bits per heavy atom. The lowest BCUT2D eigenvalue weighted by molar-refractivity contribution is 0.415. The Morgan fingerprint density at radius 1 is 1.38 bits per heavy atom. The summed E-state index contributed by atoms with van der Waals surface area (Å²) in [6.45, 7) is 0. The summed E-state index contributed by atoms with van der Waals surface area (Å²) in [6.07, 6.45) is 0. The van der Waals surface area contributed by atoms with Crippen LogP contribution in [0, 0.1) is 15.1 Å². The fourth-order valence-electron chi connectivity index (χ4n) is 1.23. The van der Waals surface area contributed by atoms with E-state index in [0.717, 1.165) is 11.3 Å². The highest BCUT2D eigenvalue weighted by molar-refractivity contribution is 14.1. The van der Waals surface area contributed by atoms with E-state index >= 15 is 0 Å². The van der Waals surface area contributed by atoms with Crippen molar-refractivity contribution in [3.63, 3.8) is 0 Å². The van der Waals surface area contributed by atoms with Crippen LogP contribution in [0.1, 0.15) is 5.69 Å². The van der Waals surface area contributed by atoms with Crippen LogP contribution in [0.3, 0.4) is 0 Å². The minimum absolute atomic E-state index is 0.311. The van der Waals surface area contributed by atoms with Gasteiger partial charge in [-0.05, 0) is 24.3 Å². The van der Waals surface area contributed by atoms with Crippen molar-refractivity contribution in [2.75, 3.05) is 7.11 Å². The molecule has 1 heterocycles. The molecule has 0 atom stereocenters. The minimum Gasteiger partial charge on any atom is -0.497 e. The predicted octanol–water partition coefficient (Wildman–Crippen LogP) is 2.83. The van der Waals surface area contributed by atoms with Gasteiger partial charge < -0.3 is 9.15 Å². The molecule has 2 aromatic rings. The van der Waals surface area contributed by atoms with E-state index in [2.05, 4.69) is 4.98 Å². The molecule has 0 amide bonds. The van der Waals surface area contributed by atoms with Crippen molar-refractivity contribution in [1.29, 1.82) is 5.26 Å². The maximum atomic E-state index is 8.76.